The van der Waals surface area contributed by atoms with Gasteiger partial charge in [0.1, 0.15) is 11.6 Å². The van der Waals surface area contributed by atoms with E-state index < -0.39 is 0 Å². The van der Waals surface area contributed by atoms with Crippen LogP contribution < -0.4 is 10.6 Å². The molecule has 102 valence electrons. The molecular weight excluding hydrogens is 254 g/mol. The minimum Gasteiger partial charge on any atom is -0.360 e. The molecular formula is C14H15N5O. The highest BCUT2D eigenvalue weighted by Crippen LogP contribution is 2.15. The summed E-state index contributed by atoms with van der Waals surface area (Å²) in [6.45, 7) is 2.51. The number of nitrogens with zero attached hydrogens (tertiary/aromatic N) is 2. The summed E-state index contributed by atoms with van der Waals surface area (Å²) < 4.78 is 0. The van der Waals surface area contributed by atoms with Crippen molar-refractivity contribution in [2.75, 3.05) is 11.9 Å². The number of carbonyl (C=O) groups excluding carboxylic acids is 1. The highest BCUT2D eigenvalue weighted by Gasteiger charge is 2.07. The van der Waals surface area contributed by atoms with E-state index in [-0.39, 0.29) is 11.5 Å². The second kappa shape index (κ2) is 6.38. The predicted octanol–water partition coefficient (Wildman–Crippen LogP) is 1.91. The Bertz CT molecular complexity index is 680. The van der Waals surface area contributed by atoms with Crippen molar-refractivity contribution in [1.82, 2.24) is 15.3 Å². The van der Waals surface area contributed by atoms with E-state index in [1.165, 1.54) is 6.20 Å². The Morgan fingerprint density at radius 2 is 2.40 bits per heavy atom. The summed E-state index contributed by atoms with van der Waals surface area (Å²) in [4.78, 5) is 18.8. The summed E-state index contributed by atoms with van der Waals surface area (Å²) in [5.41, 5.74) is 2.57. The van der Waals surface area contributed by atoms with Crippen molar-refractivity contribution in [3.8, 4) is 6.07 Å². The van der Waals surface area contributed by atoms with Gasteiger partial charge in [0.15, 0.2) is 0 Å². The molecule has 0 aliphatic carbocycles. The van der Waals surface area contributed by atoms with Gasteiger partial charge in [0.25, 0.3) is 5.91 Å². The highest BCUT2D eigenvalue weighted by molar-refractivity contribution is 5.97. The quantitative estimate of drug-likeness (QED) is 0.571. The lowest BCUT2D eigenvalue weighted by Gasteiger charge is -2.04. The molecule has 0 fully saturated rings. The Labute approximate surface area is 116 Å². The lowest BCUT2D eigenvalue weighted by molar-refractivity contribution is -0.117. The van der Waals surface area contributed by atoms with E-state index in [9.17, 15) is 4.79 Å². The average molecular weight is 269 g/mol. The zero-order chi connectivity index (χ0) is 14.4. The van der Waals surface area contributed by atoms with Crippen molar-refractivity contribution in [2.45, 2.75) is 13.3 Å². The standard InChI is InChI=1S/C14H15N5O/c1-2-5-16-14(20)10(7-15)8-17-11-3-4-12-13(6-11)19-9-18-12/h3-4,6,8-9,17H,2,5H2,1H3,(H,16,20)(H,18,19)/b10-8-. The lowest BCUT2D eigenvalue weighted by atomic mass is 10.2. The first kappa shape index (κ1) is 13.6. The summed E-state index contributed by atoms with van der Waals surface area (Å²) in [6, 6.07) is 7.42. The number of fused-ring (bicyclic) bond motifs is 1. The Hall–Kier alpha value is -2.81. The maximum Gasteiger partial charge on any atom is 0.263 e. The molecule has 2 rings (SSSR count). The molecule has 1 aromatic carbocycles. The topological polar surface area (TPSA) is 93.6 Å². The third kappa shape index (κ3) is 3.14. The molecule has 6 nitrogen and oxygen atoms in total. The summed E-state index contributed by atoms with van der Waals surface area (Å²) in [7, 11) is 0. The van der Waals surface area contributed by atoms with Crippen LogP contribution in [0.15, 0.2) is 36.3 Å². The summed E-state index contributed by atoms with van der Waals surface area (Å²) in [5.74, 6) is -0.371. The molecule has 0 saturated heterocycles. The number of nitriles is 1. The van der Waals surface area contributed by atoms with Crippen LogP contribution in [0.1, 0.15) is 13.3 Å². The number of carbonyl (C=O) groups is 1. The van der Waals surface area contributed by atoms with E-state index in [1.54, 1.807) is 6.33 Å². The molecule has 0 unspecified atom stereocenters. The van der Waals surface area contributed by atoms with Gasteiger partial charge in [0.2, 0.25) is 0 Å². The monoisotopic (exact) mass is 269 g/mol. The van der Waals surface area contributed by atoms with Gasteiger partial charge in [0.05, 0.1) is 17.4 Å². The van der Waals surface area contributed by atoms with Crippen molar-refractivity contribution < 1.29 is 4.79 Å². The number of hydrogen-bond donors (Lipinski definition) is 3. The number of rotatable bonds is 5. The zero-order valence-electron chi connectivity index (χ0n) is 11.1. The maximum absolute atomic E-state index is 11.7. The summed E-state index contributed by atoms with van der Waals surface area (Å²) >= 11 is 0. The normalized spacial score (nSPS) is 11.1. The van der Waals surface area contributed by atoms with Crippen LogP contribution in [0, 0.1) is 11.3 Å². The van der Waals surface area contributed by atoms with Crippen LogP contribution in [0.25, 0.3) is 11.0 Å². The molecule has 6 heteroatoms. The van der Waals surface area contributed by atoms with Crippen molar-refractivity contribution in [1.29, 1.82) is 5.26 Å². The number of anilines is 1. The van der Waals surface area contributed by atoms with Crippen LogP contribution in [0.5, 0.6) is 0 Å². The van der Waals surface area contributed by atoms with E-state index >= 15 is 0 Å². The highest BCUT2D eigenvalue weighted by atomic mass is 16.1. The van der Waals surface area contributed by atoms with Crippen molar-refractivity contribution in [3.63, 3.8) is 0 Å². The second-order valence-electron chi connectivity index (χ2n) is 4.20. The molecule has 0 aliphatic rings. The summed E-state index contributed by atoms with van der Waals surface area (Å²) in [6.07, 6.45) is 3.85. The van der Waals surface area contributed by atoms with Crippen LogP contribution >= 0.6 is 0 Å². The largest absolute Gasteiger partial charge is 0.360 e. The van der Waals surface area contributed by atoms with Gasteiger partial charge in [-0.1, -0.05) is 6.92 Å². The molecule has 0 radical (unpaired) electrons. The van der Waals surface area contributed by atoms with E-state index in [0.717, 1.165) is 23.1 Å². The molecule has 1 heterocycles. The Morgan fingerprint density at radius 1 is 1.55 bits per heavy atom. The predicted molar refractivity (Wildman–Crippen MR) is 76.7 cm³/mol. The van der Waals surface area contributed by atoms with Crippen molar-refractivity contribution in [2.24, 2.45) is 0 Å². The Morgan fingerprint density at radius 3 is 3.15 bits per heavy atom. The number of aromatic amines is 1. The Balaban J connectivity index is 2.09. The number of imidazole rings is 1. The number of amides is 1. The SMILES string of the molecule is CCCNC(=O)/C(C#N)=C\Nc1ccc2nc[nH]c2c1. The van der Waals surface area contributed by atoms with Crippen LogP contribution in [0.4, 0.5) is 5.69 Å². The minimum atomic E-state index is -0.371. The fourth-order valence-corrected chi connectivity index (χ4v) is 1.66. The molecule has 1 aromatic heterocycles. The third-order valence-corrected chi connectivity index (χ3v) is 2.70. The maximum atomic E-state index is 11.7. The number of H-pyrrole nitrogens is 1. The van der Waals surface area contributed by atoms with Gasteiger partial charge in [-0.2, -0.15) is 5.26 Å². The third-order valence-electron chi connectivity index (χ3n) is 2.70. The molecule has 0 atom stereocenters. The summed E-state index contributed by atoms with van der Waals surface area (Å²) in [5, 5.41) is 14.6. The molecule has 0 saturated carbocycles. The smallest absolute Gasteiger partial charge is 0.263 e. The average Bonchev–Trinajstić information content (AvgIpc) is 2.93. The van der Waals surface area contributed by atoms with Crippen LogP contribution in [0.3, 0.4) is 0 Å². The molecule has 2 aromatic rings. The van der Waals surface area contributed by atoms with Gasteiger partial charge < -0.3 is 15.6 Å². The minimum absolute atomic E-state index is 0.0446. The van der Waals surface area contributed by atoms with Gasteiger partial charge in [-0.15, -0.1) is 0 Å². The molecule has 3 N–H and O–H groups in total. The van der Waals surface area contributed by atoms with Crippen molar-refractivity contribution >= 4 is 22.6 Å². The van der Waals surface area contributed by atoms with Crippen LogP contribution in [-0.4, -0.2) is 22.4 Å². The van der Waals surface area contributed by atoms with Crippen LogP contribution in [-0.2, 0) is 4.79 Å². The first-order chi connectivity index (χ1) is 9.74. The fourth-order valence-electron chi connectivity index (χ4n) is 1.66. The van der Waals surface area contributed by atoms with E-state index in [4.69, 9.17) is 5.26 Å². The number of nitrogens with one attached hydrogen (secondary N) is 3. The first-order valence-electron chi connectivity index (χ1n) is 6.32. The number of aromatic nitrogens is 2. The molecule has 20 heavy (non-hydrogen) atoms. The number of hydrogen-bond acceptors (Lipinski definition) is 4. The van der Waals surface area contributed by atoms with Crippen LogP contribution in [0.2, 0.25) is 0 Å². The molecule has 1 amide bonds. The second-order valence-corrected chi connectivity index (χ2v) is 4.20. The molecule has 0 aliphatic heterocycles. The zero-order valence-corrected chi connectivity index (χ0v) is 11.1. The molecule has 0 spiro atoms. The van der Waals surface area contributed by atoms with Gasteiger partial charge >= 0.3 is 0 Å². The number of benzene rings is 1. The van der Waals surface area contributed by atoms with E-state index in [1.807, 2.05) is 31.2 Å². The van der Waals surface area contributed by atoms with E-state index in [0.29, 0.717) is 6.54 Å². The lowest BCUT2D eigenvalue weighted by Crippen LogP contribution is -2.25. The Kier molecular flexibility index (Phi) is 4.35. The van der Waals surface area contributed by atoms with E-state index in [2.05, 4.69) is 20.6 Å². The van der Waals surface area contributed by atoms with Gasteiger partial charge in [-0.05, 0) is 24.6 Å². The molecule has 0 bridgehead atoms. The van der Waals surface area contributed by atoms with Gasteiger partial charge in [-0.3, -0.25) is 4.79 Å². The first-order valence-corrected chi connectivity index (χ1v) is 6.32. The van der Waals surface area contributed by atoms with Crippen molar-refractivity contribution in [3.05, 3.63) is 36.3 Å². The van der Waals surface area contributed by atoms with Gasteiger partial charge in [-0.25, -0.2) is 4.98 Å². The fraction of sp³-hybridized carbons (Fsp3) is 0.214. The van der Waals surface area contributed by atoms with Gasteiger partial charge in [0, 0.05) is 18.4 Å².